The monoisotopic (exact) mass is 384 g/mol. The van der Waals surface area contributed by atoms with Crippen molar-refractivity contribution in [3.8, 4) is 0 Å². The molecule has 2 amide bonds. The number of benzene rings is 1. The average molecular weight is 384 g/mol. The molecule has 1 aromatic carbocycles. The predicted molar refractivity (Wildman–Crippen MR) is 105 cm³/mol. The molecule has 0 spiro atoms. The van der Waals surface area contributed by atoms with Crippen LogP contribution in [0.4, 0.5) is 0 Å². The minimum atomic E-state index is -0.864. The maximum atomic E-state index is 12.8. The van der Waals surface area contributed by atoms with E-state index in [2.05, 4.69) is 20.6 Å². The van der Waals surface area contributed by atoms with Gasteiger partial charge in [-0.25, -0.2) is 4.98 Å². The van der Waals surface area contributed by atoms with Gasteiger partial charge in [-0.3, -0.25) is 14.4 Å². The molecule has 0 aliphatic heterocycles. The molecule has 8 heteroatoms. The Bertz CT molecular complexity index is 769. The number of nitrogens with zero attached hydrogens (tertiary/aromatic N) is 1. The van der Waals surface area contributed by atoms with Crippen molar-refractivity contribution in [2.45, 2.75) is 50.7 Å². The van der Waals surface area contributed by atoms with Gasteiger partial charge in [0.1, 0.15) is 12.1 Å². The van der Waals surface area contributed by atoms with Crippen LogP contribution in [0.5, 0.6) is 0 Å². The molecule has 0 unspecified atom stereocenters. The number of amides is 2. The number of aromatic nitrogens is 2. The number of hydrogen-bond acceptors (Lipinski definition) is 5. The van der Waals surface area contributed by atoms with Gasteiger partial charge in [0, 0.05) is 31.0 Å². The van der Waals surface area contributed by atoms with Crippen molar-refractivity contribution in [3.63, 3.8) is 0 Å². The number of carbonyl (C=O) groups is 2. The van der Waals surface area contributed by atoms with Gasteiger partial charge in [-0.15, -0.1) is 0 Å². The van der Waals surface area contributed by atoms with Crippen molar-refractivity contribution in [1.29, 1.82) is 0 Å². The Morgan fingerprint density at radius 3 is 2.50 bits per heavy atom. The van der Waals surface area contributed by atoms with Crippen LogP contribution in [0.25, 0.3) is 0 Å². The van der Waals surface area contributed by atoms with Crippen LogP contribution >= 0.6 is 0 Å². The second kappa shape index (κ2) is 9.80. The van der Waals surface area contributed by atoms with Gasteiger partial charge in [-0.2, -0.15) is 0 Å². The van der Waals surface area contributed by atoms with Crippen LogP contribution in [0, 0.1) is 0 Å². The Kier molecular flexibility index (Phi) is 7.45. The second-order valence-electron chi connectivity index (χ2n) is 7.42. The Labute approximate surface area is 164 Å². The summed E-state index contributed by atoms with van der Waals surface area (Å²) in [6.45, 7) is 3.47. The molecule has 8 nitrogen and oxygen atoms in total. The summed E-state index contributed by atoms with van der Waals surface area (Å²) in [5, 5.41) is 5.36. The first-order valence-electron chi connectivity index (χ1n) is 9.04. The van der Waals surface area contributed by atoms with Gasteiger partial charge in [0.05, 0.1) is 12.0 Å². The molecule has 0 saturated heterocycles. The highest BCUT2D eigenvalue weighted by molar-refractivity contribution is 5.89. The van der Waals surface area contributed by atoms with E-state index < -0.39 is 23.5 Å². The number of imidazole rings is 1. The van der Waals surface area contributed by atoms with Crippen molar-refractivity contribution >= 4 is 18.1 Å². The van der Waals surface area contributed by atoms with Crippen LogP contribution in [0.3, 0.4) is 0 Å². The zero-order valence-corrected chi connectivity index (χ0v) is 16.1. The molecule has 0 aliphatic rings. The quantitative estimate of drug-likeness (QED) is 0.471. The lowest BCUT2D eigenvalue weighted by Gasteiger charge is -2.23. The molecule has 5 N–H and O–H groups in total. The van der Waals surface area contributed by atoms with Crippen molar-refractivity contribution < 1.29 is 14.4 Å². The van der Waals surface area contributed by atoms with Gasteiger partial charge in [-0.05, 0) is 19.4 Å². The van der Waals surface area contributed by atoms with Gasteiger partial charge in [0.25, 0.3) is 0 Å². The highest BCUT2D eigenvalue weighted by Crippen LogP contribution is 2.07. The Morgan fingerprint density at radius 2 is 1.93 bits per heavy atom. The Balaban J connectivity index is 2.08. The molecule has 2 atom stereocenters. The summed E-state index contributed by atoms with van der Waals surface area (Å²) in [7, 11) is 0. The maximum Gasteiger partial charge on any atom is 0.243 e. The third-order valence-corrected chi connectivity index (χ3v) is 3.98. The van der Waals surface area contributed by atoms with Gasteiger partial charge < -0.3 is 21.4 Å². The lowest BCUT2D eigenvalue weighted by molar-refractivity contribution is -0.129. The van der Waals surface area contributed by atoms with Gasteiger partial charge >= 0.3 is 0 Å². The summed E-state index contributed by atoms with van der Waals surface area (Å²) < 4.78 is 0. The van der Waals surface area contributed by atoms with Crippen molar-refractivity contribution in [2.75, 3.05) is 0 Å². The minimum Gasteiger partial charge on any atom is -0.351 e. The molecule has 28 heavy (non-hydrogen) atoms. The smallest absolute Gasteiger partial charge is 0.243 e. The van der Waals surface area contributed by atoms with Crippen LogP contribution in [0.1, 0.15) is 31.5 Å². The van der Waals surface area contributed by atoms with E-state index in [1.165, 1.54) is 6.33 Å². The highest BCUT2D eigenvalue weighted by Gasteiger charge is 2.26. The largest absolute Gasteiger partial charge is 0.351 e. The molecule has 2 aromatic rings. The topological polar surface area (TPSA) is 130 Å². The Morgan fingerprint density at radius 1 is 1.21 bits per heavy atom. The van der Waals surface area contributed by atoms with E-state index in [0.717, 1.165) is 5.56 Å². The molecule has 0 saturated carbocycles. The summed E-state index contributed by atoms with van der Waals surface area (Å²) >= 11 is 0. The van der Waals surface area contributed by atoms with E-state index in [9.17, 15) is 14.4 Å². The predicted octanol–water partition coefficient (Wildman–Crippen LogP) is 0.402. The van der Waals surface area contributed by atoms with Crippen LogP contribution < -0.4 is 16.4 Å². The third kappa shape index (κ3) is 7.32. The summed E-state index contributed by atoms with van der Waals surface area (Å²) in [5.41, 5.74) is 6.71. The number of H-pyrrole nitrogens is 1. The normalized spacial score (nSPS) is 13.4. The van der Waals surface area contributed by atoms with Crippen LogP contribution in [-0.4, -0.2) is 45.7 Å². The van der Waals surface area contributed by atoms with E-state index >= 15 is 0 Å². The highest BCUT2D eigenvalue weighted by atomic mass is 16.2. The molecule has 1 heterocycles. The first-order chi connectivity index (χ1) is 13.3. The first-order valence-corrected chi connectivity index (χ1v) is 9.04. The molecule has 1 radical (unpaired) electrons. The zero-order valence-electron chi connectivity index (χ0n) is 16.1. The number of hydrogen-bond donors (Lipinski definition) is 4. The number of carbonyl (C=O) groups excluding carboxylic acids is 3. The average Bonchev–Trinajstić information content (AvgIpc) is 3.13. The van der Waals surface area contributed by atoms with Crippen molar-refractivity contribution in [1.82, 2.24) is 20.6 Å². The molecule has 0 bridgehead atoms. The molecule has 1 aromatic heterocycles. The molecular formula is C20H26N5O3. The van der Waals surface area contributed by atoms with E-state index in [0.29, 0.717) is 5.69 Å². The van der Waals surface area contributed by atoms with E-state index in [4.69, 9.17) is 5.73 Å². The van der Waals surface area contributed by atoms with Crippen molar-refractivity contribution in [3.05, 3.63) is 54.1 Å². The lowest BCUT2D eigenvalue weighted by Crippen LogP contribution is -2.52. The summed E-state index contributed by atoms with van der Waals surface area (Å²) in [4.78, 5) is 43.2. The summed E-state index contributed by atoms with van der Waals surface area (Å²) in [6.07, 6.45) is 5.52. The van der Waals surface area contributed by atoms with Crippen LogP contribution in [-0.2, 0) is 27.2 Å². The van der Waals surface area contributed by atoms with Gasteiger partial charge in [0.2, 0.25) is 18.1 Å². The fourth-order valence-electron chi connectivity index (χ4n) is 2.72. The minimum absolute atomic E-state index is 0.0715. The molecule has 0 aliphatic carbocycles. The van der Waals surface area contributed by atoms with Crippen molar-refractivity contribution in [2.24, 2.45) is 5.73 Å². The molecule has 0 fully saturated rings. The fraction of sp³-hybridized carbons (Fsp3) is 0.400. The standard InChI is InChI=1S/C20H26N5O3/c1-20(2,21)10-18(27)25-17(8-14-6-4-3-5-7-14)19(28)24-16(12-26)9-15-11-22-13-23-15/h3-7,11,13,16-17H,8-10,21H2,1-2H3,(H,22,23)(H,24,28)(H,25,27)/t16-,17-/m0/s1. The number of rotatable bonds is 10. The molecule has 2 rings (SSSR count). The van der Waals surface area contributed by atoms with Crippen LogP contribution in [0.15, 0.2) is 42.9 Å². The third-order valence-electron chi connectivity index (χ3n) is 3.98. The number of nitrogens with one attached hydrogen (secondary N) is 3. The first kappa shape index (κ1) is 21.3. The maximum absolute atomic E-state index is 12.8. The lowest BCUT2D eigenvalue weighted by atomic mass is 10.0. The Hall–Kier alpha value is -3.00. The van der Waals surface area contributed by atoms with E-state index in [1.54, 1.807) is 20.0 Å². The summed E-state index contributed by atoms with van der Waals surface area (Å²) in [6, 6.07) is 7.61. The van der Waals surface area contributed by atoms with E-state index in [-0.39, 0.29) is 25.2 Å². The van der Waals surface area contributed by atoms with Crippen LogP contribution in [0.2, 0.25) is 0 Å². The summed E-state index contributed by atoms with van der Waals surface area (Å²) in [5.74, 6) is -0.793. The zero-order chi connectivity index (χ0) is 20.6. The molecule has 149 valence electrons. The number of aromatic amines is 1. The number of nitrogens with two attached hydrogens (primary N) is 1. The van der Waals surface area contributed by atoms with Gasteiger partial charge in [0.15, 0.2) is 0 Å². The fourth-order valence-corrected chi connectivity index (χ4v) is 2.72. The SMILES string of the molecule is CC(C)(N)CC(=O)N[C@@H](Cc1ccccc1)C(=O)N[C@H]([C]=O)Cc1c[nH]cn1. The molecular weight excluding hydrogens is 358 g/mol. The second-order valence-corrected chi connectivity index (χ2v) is 7.42. The van der Waals surface area contributed by atoms with Gasteiger partial charge in [-0.1, -0.05) is 30.3 Å². The van der Waals surface area contributed by atoms with E-state index in [1.807, 2.05) is 36.6 Å².